The molecule has 0 radical (unpaired) electrons. The van der Waals surface area contributed by atoms with Crippen LogP contribution >= 0.6 is 0 Å². The first-order valence-corrected chi connectivity index (χ1v) is 8.64. The Balaban J connectivity index is 1.70. The van der Waals surface area contributed by atoms with Gasteiger partial charge >= 0.3 is 6.18 Å². The van der Waals surface area contributed by atoms with Crippen molar-refractivity contribution in [3.63, 3.8) is 0 Å². The van der Waals surface area contributed by atoms with Crippen LogP contribution in [0.5, 0.6) is 11.5 Å². The molecular weight excluding hydrogens is 353 g/mol. The van der Waals surface area contributed by atoms with Gasteiger partial charge < -0.3 is 9.84 Å². The minimum absolute atomic E-state index is 0.0289. The topological polar surface area (TPSA) is 29.5 Å². The largest absolute Gasteiger partial charge is 0.457 e. The highest BCUT2D eigenvalue weighted by Gasteiger charge is 2.34. The molecule has 1 N–H and O–H groups in total. The Kier molecular flexibility index (Phi) is 4.40. The van der Waals surface area contributed by atoms with E-state index in [-0.39, 0.29) is 11.7 Å². The van der Waals surface area contributed by atoms with E-state index in [1.165, 1.54) is 12.1 Å². The minimum Gasteiger partial charge on any atom is -0.457 e. The molecule has 0 fully saturated rings. The fourth-order valence-electron chi connectivity index (χ4n) is 3.64. The van der Waals surface area contributed by atoms with Gasteiger partial charge in [-0.1, -0.05) is 48.5 Å². The average molecular weight is 370 g/mol. The molecule has 0 heterocycles. The zero-order chi connectivity index (χ0) is 19.0. The van der Waals surface area contributed by atoms with Crippen molar-refractivity contribution in [2.24, 2.45) is 0 Å². The summed E-state index contributed by atoms with van der Waals surface area (Å²) in [5.74, 6) is 0.507. The van der Waals surface area contributed by atoms with Crippen LogP contribution in [0.2, 0.25) is 0 Å². The summed E-state index contributed by atoms with van der Waals surface area (Å²) in [4.78, 5) is 0. The Morgan fingerprint density at radius 3 is 2.37 bits per heavy atom. The van der Waals surface area contributed by atoms with Crippen LogP contribution in [0.15, 0.2) is 72.8 Å². The predicted octanol–water partition coefficient (Wildman–Crippen LogP) is 6.07. The van der Waals surface area contributed by atoms with Gasteiger partial charge in [-0.3, -0.25) is 0 Å². The number of halogens is 3. The van der Waals surface area contributed by atoms with Crippen LogP contribution in [0.3, 0.4) is 0 Å². The van der Waals surface area contributed by atoms with Crippen molar-refractivity contribution in [2.45, 2.75) is 24.6 Å². The quantitative estimate of drug-likeness (QED) is 0.607. The molecule has 1 aliphatic carbocycles. The number of alkyl halides is 3. The Labute approximate surface area is 154 Å². The molecule has 27 heavy (non-hydrogen) atoms. The van der Waals surface area contributed by atoms with Crippen LogP contribution in [0.4, 0.5) is 13.2 Å². The fraction of sp³-hybridized carbons (Fsp3) is 0.182. The molecule has 138 valence electrons. The molecule has 0 saturated carbocycles. The zero-order valence-electron chi connectivity index (χ0n) is 14.3. The number of fused-ring (bicyclic) bond motifs is 1. The summed E-state index contributed by atoms with van der Waals surface area (Å²) in [5, 5.41) is 10.6. The number of aliphatic hydroxyl groups is 1. The van der Waals surface area contributed by atoms with Gasteiger partial charge in [0.2, 0.25) is 0 Å². The van der Waals surface area contributed by atoms with E-state index in [4.69, 9.17) is 4.74 Å². The van der Waals surface area contributed by atoms with Crippen LogP contribution in [0.1, 0.15) is 40.7 Å². The van der Waals surface area contributed by atoms with E-state index in [2.05, 4.69) is 0 Å². The van der Waals surface area contributed by atoms with Crippen molar-refractivity contribution >= 4 is 0 Å². The summed E-state index contributed by atoms with van der Waals surface area (Å²) in [6.07, 6.45) is -4.65. The Hall–Kier alpha value is -2.79. The molecule has 0 spiro atoms. The number of hydrogen-bond donors (Lipinski definition) is 1. The summed E-state index contributed by atoms with van der Waals surface area (Å²) in [7, 11) is 0. The second-order valence-corrected chi connectivity index (χ2v) is 6.60. The van der Waals surface area contributed by atoms with Gasteiger partial charge in [0.05, 0.1) is 11.7 Å². The molecule has 3 aromatic carbocycles. The highest BCUT2D eigenvalue weighted by atomic mass is 19.4. The third-order valence-electron chi connectivity index (χ3n) is 4.86. The van der Waals surface area contributed by atoms with Crippen LogP contribution in [-0.4, -0.2) is 5.11 Å². The lowest BCUT2D eigenvalue weighted by molar-refractivity contribution is -0.137. The number of hydrogen-bond acceptors (Lipinski definition) is 2. The predicted molar refractivity (Wildman–Crippen MR) is 95.8 cm³/mol. The third-order valence-corrected chi connectivity index (χ3v) is 4.86. The molecule has 0 bridgehead atoms. The van der Waals surface area contributed by atoms with E-state index >= 15 is 0 Å². The van der Waals surface area contributed by atoms with Crippen molar-refractivity contribution in [3.8, 4) is 11.5 Å². The molecular formula is C22H17F3O2. The highest BCUT2D eigenvalue weighted by molar-refractivity contribution is 5.52. The van der Waals surface area contributed by atoms with Crippen molar-refractivity contribution in [3.05, 3.63) is 95.1 Å². The van der Waals surface area contributed by atoms with Gasteiger partial charge in [-0.25, -0.2) is 0 Å². The first-order valence-electron chi connectivity index (χ1n) is 8.64. The summed E-state index contributed by atoms with van der Waals surface area (Å²) in [6.45, 7) is 0. The van der Waals surface area contributed by atoms with E-state index in [1.54, 1.807) is 12.1 Å². The van der Waals surface area contributed by atoms with Gasteiger partial charge in [-0.2, -0.15) is 13.2 Å². The molecule has 0 unspecified atom stereocenters. The molecule has 2 atom stereocenters. The second kappa shape index (κ2) is 6.74. The van der Waals surface area contributed by atoms with Crippen molar-refractivity contribution in [1.82, 2.24) is 0 Å². The zero-order valence-corrected chi connectivity index (χ0v) is 14.3. The monoisotopic (exact) mass is 370 g/mol. The van der Waals surface area contributed by atoms with Crippen LogP contribution < -0.4 is 4.74 Å². The van der Waals surface area contributed by atoms with E-state index < -0.39 is 17.8 Å². The molecule has 0 aliphatic heterocycles. The number of aliphatic hydroxyl groups excluding tert-OH is 1. The van der Waals surface area contributed by atoms with Gasteiger partial charge in [0, 0.05) is 11.5 Å². The van der Waals surface area contributed by atoms with Gasteiger partial charge in [0.25, 0.3) is 0 Å². The highest BCUT2D eigenvalue weighted by Crippen LogP contribution is 2.48. The Morgan fingerprint density at radius 2 is 1.63 bits per heavy atom. The molecule has 3 aromatic rings. The van der Waals surface area contributed by atoms with Crippen LogP contribution in [0, 0.1) is 0 Å². The first kappa shape index (κ1) is 17.6. The summed E-state index contributed by atoms with van der Waals surface area (Å²) in [6, 6.07) is 20.0. The number of benzene rings is 3. The molecule has 4 rings (SSSR count). The third kappa shape index (κ3) is 3.43. The van der Waals surface area contributed by atoms with Crippen molar-refractivity contribution in [2.75, 3.05) is 0 Å². The molecule has 2 nitrogen and oxygen atoms in total. The van der Waals surface area contributed by atoms with Crippen LogP contribution in [-0.2, 0) is 6.18 Å². The number of ether oxygens (including phenoxy) is 1. The maximum absolute atomic E-state index is 12.9. The standard InChI is InChI=1S/C22H17F3O2/c23-22(24,25)15-8-4-9-16(12-15)27-20-11-5-10-17-18(13-19(26)21(17)20)14-6-2-1-3-7-14/h1-12,18-19,26H,13H2/t18-,19-/m0/s1. The Bertz CT molecular complexity index is 951. The Morgan fingerprint density at radius 1 is 0.889 bits per heavy atom. The summed E-state index contributed by atoms with van der Waals surface area (Å²) in [5.41, 5.74) is 1.91. The normalized spacial score (nSPS) is 19.0. The van der Waals surface area contributed by atoms with E-state index in [9.17, 15) is 18.3 Å². The molecule has 0 amide bonds. The van der Waals surface area contributed by atoms with E-state index in [1.807, 2.05) is 36.4 Å². The van der Waals surface area contributed by atoms with E-state index in [0.717, 1.165) is 23.3 Å². The maximum atomic E-state index is 12.9. The van der Waals surface area contributed by atoms with Gasteiger partial charge in [-0.05, 0) is 41.8 Å². The summed E-state index contributed by atoms with van der Waals surface area (Å²) >= 11 is 0. The van der Waals surface area contributed by atoms with Crippen LogP contribution in [0.25, 0.3) is 0 Å². The molecule has 5 heteroatoms. The second-order valence-electron chi connectivity index (χ2n) is 6.60. The van der Waals surface area contributed by atoms with E-state index in [0.29, 0.717) is 17.7 Å². The molecule has 0 saturated heterocycles. The maximum Gasteiger partial charge on any atom is 0.416 e. The first-order chi connectivity index (χ1) is 12.9. The SMILES string of the molecule is O[C@H]1C[C@@H](c2ccccc2)c2cccc(Oc3cccc(C(F)(F)F)c3)c21. The average Bonchev–Trinajstić information content (AvgIpc) is 3.00. The van der Waals surface area contributed by atoms with Crippen molar-refractivity contribution in [1.29, 1.82) is 0 Å². The summed E-state index contributed by atoms with van der Waals surface area (Å²) < 4.78 is 44.5. The lowest BCUT2D eigenvalue weighted by Gasteiger charge is -2.15. The smallest absolute Gasteiger partial charge is 0.416 e. The lowest BCUT2D eigenvalue weighted by Crippen LogP contribution is -2.04. The van der Waals surface area contributed by atoms with Gasteiger partial charge in [0.1, 0.15) is 11.5 Å². The fourth-order valence-corrected chi connectivity index (χ4v) is 3.64. The van der Waals surface area contributed by atoms with Gasteiger partial charge in [0.15, 0.2) is 0 Å². The van der Waals surface area contributed by atoms with Gasteiger partial charge in [-0.15, -0.1) is 0 Å². The molecule has 0 aromatic heterocycles. The lowest BCUT2D eigenvalue weighted by atomic mass is 9.93. The number of rotatable bonds is 3. The minimum atomic E-state index is -4.43. The van der Waals surface area contributed by atoms with Crippen molar-refractivity contribution < 1.29 is 23.0 Å². The molecule has 1 aliphatic rings.